The number of rotatable bonds is 4. The van der Waals surface area contributed by atoms with Crippen molar-refractivity contribution in [2.24, 2.45) is 4.99 Å². The molecule has 6 nitrogen and oxygen atoms in total. The molecule has 0 saturated carbocycles. The van der Waals surface area contributed by atoms with E-state index in [9.17, 15) is 0 Å². The molecule has 1 aromatic heterocycles. The van der Waals surface area contributed by atoms with Gasteiger partial charge in [-0.3, -0.25) is 9.67 Å². The predicted molar refractivity (Wildman–Crippen MR) is 110 cm³/mol. The van der Waals surface area contributed by atoms with Gasteiger partial charge in [0.05, 0.1) is 19.7 Å². The lowest BCUT2D eigenvalue weighted by Gasteiger charge is -2.35. The lowest BCUT2D eigenvalue weighted by Crippen LogP contribution is -2.48. The molecule has 2 heterocycles. The summed E-state index contributed by atoms with van der Waals surface area (Å²) in [6.07, 6.45) is 3.85. The molecule has 1 fully saturated rings. The van der Waals surface area contributed by atoms with Crippen molar-refractivity contribution in [3.8, 4) is 0 Å². The maximum atomic E-state index is 5.99. The van der Waals surface area contributed by atoms with Gasteiger partial charge in [0.25, 0.3) is 0 Å². The van der Waals surface area contributed by atoms with Crippen LogP contribution in [0.4, 0.5) is 0 Å². The molecule has 3 rings (SSSR count). The fourth-order valence-corrected chi connectivity index (χ4v) is 3.03. The van der Waals surface area contributed by atoms with E-state index >= 15 is 0 Å². The van der Waals surface area contributed by atoms with Crippen molar-refractivity contribution in [2.45, 2.75) is 19.6 Å². The molecule has 136 valence electrons. The van der Waals surface area contributed by atoms with E-state index in [4.69, 9.17) is 4.74 Å². The van der Waals surface area contributed by atoms with Gasteiger partial charge < -0.3 is 15.0 Å². The van der Waals surface area contributed by atoms with Crippen molar-refractivity contribution >= 4 is 29.9 Å². The second-order valence-electron chi connectivity index (χ2n) is 5.91. The number of nitrogens with one attached hydrogen (secondary N) is 1. The SMILES string of the molecule is CN=C(NCCn1cccn1)N1CCOC(c2ccccc2C)C1.I. The number of halogens is 1. The summed E-state index contributed by atoms with van der Waals surface area (Å²) in [5.74, 6) is 0.920. The molecule has 0 radical (unpaired) electrons. The van der Waals surface area contributed by atoms with Gasteiger partial charge in [0, 0.05) is 32.5 Å². The summed E-state index contributed by atoms with van der Waals surface area (Å²) in [5.41, 5.74) is 2.53. The highest BCUT2D eigenvalue weighted by molar-refractivity contribution is 14.0. The van der Waals surface area contributed by atoms with Crippen LogP contribution in [0.15, 0.2) is 47.7 Å². The number of aliphatic imine (C=N–C) groups is 1. The van der Waals surface area contributed by atoms with Crippen molar-refractivity contribution in [3.05, 3.63) is 53.9 Å². The molecule has 0 aliphatic carbocycles. The quantitative estimate of drug-likeness (QED) is 0.438. The summed E-state index contributed by atoms with van der Waals surface area (Å²) in [6.45, 7) is 6.11. The van der Waals surface area contributed by atoms with Crippen LogP contribution in [0.25, 0.3) is 0 Å². The van der Waals surface area contributed by atoms with E-state index in [0.717, 1.165) is 32.1 Å². The fourth-order valence-electron chi connectivity index (χ4n) is 3.03. The molecule has 1 aliphatic rings. The minimum atomic E-state index is 0. The van der Waals surface area contributed by atoms with E-state index in [1.54, 1.807) is 6.20 Å². The van der Waals surface area contributed by atoms with Crippen LogP contribution in [-0.4, -0.2) is 53.9 Å². The lowest BCUT2D eigenvalue weighted by molar-refractivity contribution is -0.00831. The zero-order valence-corrected chi connectivity index (χ0v) is 17.1. The van der Waals surface area contributed by atoms with Gasteiger partial charge >= 0.3 is 0 Å². The molecule has 1 aliphatic heterocycles. The molecular formula is C18H26IN5O. The molecule has 0 bridgehead atoms. The highest BCUT2D eigenvalue weighted by Crippen LogP contribution is 2.24. The zero-order chi connectivity index (χ0) is 16.8. The van der Waals surface area contributed by atoms with E-state index in [1.165, 1.54) is 11.1 Å². The number of hydrogen-bond acceptors (Lipinski definition) is 3. The van der Waals surface area contributed by atoms with Crippen LogP contribution in [0.3, 0.4) is 0 Å². The van der Waals surface area contributed by atoms with Crippen molar-refractivity contribution in [2.75, 3.05) is 33.3 Å². The van der Waals surface area contributed by atoms with Gasteiger partial charge in [-0.05, 0) is 24.1 Å². The first-order valence-corrected chi connectivity index (χ1v) is 8.38. The highest BCUT2D eigenvalue weighted by atomic mass is 127. The van der Waals surface area contributed by atoms with E-state index in [-0.39, 0.29) is 30.1 Å². The first kappa shape index (κ1) is 19.7. The van der Waals surface area contributed by atoms with Crippen LogP contribution < -0.4 is 5.32 Å². The number of ether oxygens (including phenoxy) is 1. The Balaban J connectivity index is 0.00000225. The molecule has 2 aromatic rings. The molecule has 1 N–H and O–H groups in total. The van der Waals surface area contributed by atoms with Gasteiger partial charge in [0.2, 0.25) is 0 Å². The summed E-state index contributed by atoms with van der Waals surface area (Å²) >= 11 is 0. The van der Waals surface area contributed by atoms with Gasteiger partial charge in [-0.1, -0.05) is 24.3 Å². The average Bonchev–Trinajstić information content (AvgIpc) is 3.13. The van der Waals surface area contributed by atoms with E-state index in [1.807, 2.05) is 24.0 Å². The molecule has 1 saturated heterocycles. The number of hydrogen-bond donors (Lipinski definition) is 1. The largest absolute Gasteiger partial charge is 0.370 e. The molecule has 7 heteroatoms. The number of morpholine rings is 1. The van der Waals surface area contributed by atoms with Crippen LogP contribution >= 0.6 is 24.0 Å². The second kappa shape index (κ2) is 9.76. The van der Waals surface area contributed by atoms with Crippen LogP contribution in [0.1, 0.15) is 17.2 Å². The Labute approximate surface area is 166 Å². The molecule has 0 amide bonds. The topological polar surface area (TPSA) is 54.7 Å². The Morgan fingerprint density at radius 1 is 1.36 bits per heavy atom. The monoisotopic (exact) mass is 455 g/mol. The van der Waals surface area contributed by atoms with Crippen molar-refractivity contribution in [3.63, 3.8) is 0 Å². The molecule has 25 heavy (non-hydrogen) atoms. The lowest BCUT2D eigenvalue weighted by atomic mass is 10.0. The third kappa shape index (κ3) is 5.18. The second-order valence-corrected chi connectivity index (χ2v) is 5.91. The third-order valence-corrected chi connectivity index (χ3v) is 4.30. The molecule has 0 spiro atoms. The van der Waals surface area contributed by atoms with Gasteiger partial charge in [-0.25, -0.2) is 0 Å². The Hall–Kier alpha value is -1.61. The zero-order valence-electron chi connectivity index (χ0n) is 14.8. The molecule has 1 unspecified atom stereocenters. The summed E-state index contributed by atoms with van der Waals surface area (Å²) in [5, 5.41) is 7.64. The van der Waals surface area contributed by atoms with Crippen LogP contribution in [0.5, 0.6) is 0 Å². The number of aromatic nitrogens is 2. The highest BCUT2D eigenvalue weighted by Gasteiger charge is 2.24. The first-order valence-electron chi connectivity index (χ1n) is 8.38. The maximum Gasteiger partial charge on any atom is 0.193 e. The van der Waals surface area contributed by atoms with Gasteiger partial charge in [0.1, 0.15) is 6.10 Å². The van der Waals surface area contributed by atoms with Crippen molar-refractivity contribution < 1.29 is 4.74 Å². The number of aryl methyl sites for hydroxylation is 1. The van der Waals surface area contributed by atoms with E-state index < -0.39 is 0 Å². The number of benzene rings is 1. The maximum absolute atomic E-state index is 5.99. The van der Waals surface area contributed by atoms with Gasteiger partial charge in [0.15, 0.2) is 5.96 Å². The minimum Gasteiger partial charge on any atom is -0.370 e. The standard InChI is InChI=1S/C18H25N5O.HI/c1-15-6-3-4-7-16(15)17-14-22(12-13-24-17)18(19-2)20-9-11-23-10-5-8-21-23;/h3-8,10,17H,9,11-14H2,1-2H3,(H,19,20);1H. The van der Waals surface area contributed by atoms with Crippen LogP contribution in [-0.2, 0) is 11.3 Å². The average molecular weight is 455 g/mol. The van der Waals surface area contributed by atoms with Crippen LogP contribution in [0.2, 0.25) is 0 Å². The van der Waals surface area contributed by atoms with Gasteiger partial charge in [-0.15, -0.1) is 24.0 Å². The van der Waals surface area contributed by atoms with E-state index in [2.05, 4.69) is 51.5 Å². The summed E-state index contributed by atoms with van der Waals surface area (Å²) in [6, 6.07) is 10.4. The minimum absolute atomic E-state index is 0. The molecule has 1 atom stereocenters. The third-order valence-electron chi connectivity index (χ3n) is 4.30. The van der Waals surface area contributed by atoms with Crippen LogP contribution in [0, 0.1) is 6.92 Å². The normalized spacial score (nSPS) is 17.9. The summed E-state index contributed by atoms with van der Waals surface area (Å²) in [4.78, 5) is 6.69. The Morgan fingerprint density at radius 3 is 2.92 bits per heavy atom. The molecule has 1 aromatic carbocycles. The smallest absolute Gasteiger partial charge is 0.193 e. The van der Waals surface area contributed by atoms with Crippen molar-refractivity contribution in [1.82, 2.24) is 20.0 Å². The van der Waals surface area contributed by atoms with E-state index in [0.29, 0.717) is 6.61 Å². The Morgan fingerprint density at radius 2 is 2.20 bits per heavy atom. The summed E-state index contributed by atoms with van der Waals surface area (Å²) < 4.78 is 7.91. The fraction of sp³-hybridized carbons (Fsp3) is 0.444. The molecular weight excluding hydrogens is 429 g/mol. The predicted octanol–water partition coefficient (Wildman–Crippen LogP) is 2.46. The number of guanidine groups is 1. The Kier molecular flexibility index (Phi) is 7.70. The summed E-state index contributed by atoms with van der Waals surface area (Å²) in [7, 11) is 1.83. The Bertz CT molecular complexity index is 674. The first-order chi connectivity index (χ1) is 11.8. The van der Waals surface area contributed by atoms with Gasteiger partial charge in [-0.2, -0.15) is 5.10 Å². The number of nitrogens with zero attached hydrogens (tertiary/aromatic N) is 4. The van der Waals surface area contributed by atoms with Crippen molar-refractivity contribution in [1.29, 1.82) is 0 Å².